The first-order valence-corrected chi connectivity index (χ1v) is 8.87. The first kappa shape index (κ1) is 16.5. The summed E-state index contributed by atoms with van der Waals surface area (Å²) >= 11 is 0. The highest BCUT2D eigenvalue weighted by molar-refractivity contribution is 6.08. The van der Waals surface area contributed by atoms with Crippen LogP contribution in [-0.2, 0) is 0 Å². The van der Waals surface area contributed by atoms with Gasteiger partial charge in [-0.2, -0.15) is 0 Å². The maximum atomic E-state index is 12.6. The summed E-state index contributed by atoms with van der Waals surface area (Å²) in [7, 11) is 0. The molecule has 2 heteroatoms. The Morgan fingerprint density at radius 2 is 1.50 bits per heavy atom. The van der Waals surface area contributed by atoms with Gasteiger partial charge in [-0.1, -0.05) is 80.4 Å². The minimum Gasteiger partial charge on any atom is -0.381 e. The van der Waals surface area contributed by atoms with Gasteiger partial charge in [0.15, 0.2) is 5.78 Å². The number of allylic oxidation sites excluding steroid dienone is 1. The Morgan fingerprint density at radius 1 is 0.917 bits per heavy atom. The van der Waals surface area contributed by atoms with Crippen molar-refractivity contribution >= 4 is 11.5 Å². The molecule has 1 aliphatic carbocycles. The maximum Gasteiger partial charge on any atom is 0.187 e. The Kier molecular flexibility index (Phi) is 5.47. The van der Waals surface area contributed by atoms with Gasteiger partial charge in [0.25, 0.3) is 0 Å². The molecule has 2 atom stereocenters. The molecule has 0 bridgehead atoms. The third-order valence-electron chi connectivity index (χ3n) is 4.87. The van der Waals surface area contributed by atoms with E-state index in [0.29, 0.717) is 12.0 Å². The predicted octanol–water partition coefficient (Wildman–Crippen LogP) is 5.08. The molecule has 24 heavy (non-hydrogen) atoms. The number of hydrogen-bond acceptors (Lipinski definition) is 2. The number of nitrogens with one attached hydrogen (secondary N) is 1. The molecule has 1 saturated carbocycles. The third kappa shape index (κ3) is 4.14. The van der Waals surface area contributed by atoms with Crippen LogP contribution in [0.3, 0.4) is 0 Å². The molecule has 1 fully saturated rings. The van der Waals surface area contributed by atoms with E-state index >= 15 is 0 Å². The minimum atomic E-state index is 0.0467. The van der Waals surface area contributed by atoms with Crippen molar-refractivity contribution < 1.29 is 4.79 Å². The normalized spacial score (nSPS) is 21.3. The summed E-state index contributed by atoms with van der Waals surface area (Å²) in [6.07, 6.45) is 6.76. The number of benzene rings is 2. The van der Waals surface area contributed by atoms with Crippen LogP contribution in [-0.4, -0.2) is 11.8 Å². The average Bonchev–Trinajstić information content (AvgIpc) is 2.64. The van der Waals surface area contributed by atoms with E-state index in [1.165, 1.54) is 25.7 Å². The Labute approximate surface area is 144 Å². The zero-order chi connectivity index (χ0) is 16.8. The van der Waals surface area contributed by atoms with E-state index in [-0.39, 0.29) is 5.78 Å². The van der Waals surface area contributed by atoms with Gasteiger partial charge in [-0.15, -0.1) is 0 Å². The SMILES string of the molecule is CC1CCCCC1NC(=CC(=O)c1ccccc1)c1ccccc1. The van der Waals surface area contributed by atoms with Crippen molar-refractivity contribution in [1.29, 1.82) is 0 Å². The lowest BCUT2D eigenvalue weighted by Gasteiger charge is -2.31. The van der Waals surface area contributed by atoms with Crippen LogP contribution in [0.15, 0.2) is 66.7 Å². The van der Waals surface area contributed by atoms with Gasteiger partial charge in [0.05, 0.1) is 0 Å². The van der Waals surface area contributed by atoms with Gasteiger partial charge in [-0.3, -0.25) is 4.79 Å². The molecule has 2 unspecified atom stereocenters. The second-order valence-corrected chi connectivity index (χ2v) is 6.67. The summed E-state index contributed by atoms with van der Waals surface area (Å²) in [5, 5.41) is 3.66. The molecule has 1 aliphatic rings. The number of carbonyl (C=O) groups excluding carboxylic acids is 1. The van der Waals surface area contributed by atoms with E-state index in [9.17, 15) is 4.79 Å². The molecule has 2 nitrogen and oxygen atoms in total. The van der Waals surface area contributed by atoms with Crippen molar-refractivity contribution in [2.24, 2.45) is 5.92 Å². The molecule has 0 aliphatic heterocycles. The van der Waals surface area contributed by atoms with Crippen LogP contribution < -0.4 is 5.32 Å². The fraction of sp³-hybridized carbons (Fsp3) is 0.318. The standard InChI is InChI=1S/C22H25NO/c1-17-10-8-9-15-20(17)23-21(18-11-4-2-5-12-18)16-22(24)19-13-6-3-7-14-19/h2-7,11-14,16-17,20,23H,8-10,15H2,1H3. The van der Waals surface area contributed by atoms with E-state index in [2.05, 4.69) is 24.4 Å². The molecule has 0 radical (unpaired) electrons. The van der Waals surface area contributed by atoms with E-state index < -0.39 is 0 Å². The Bertz CT molecular complexity index is 690. The van der Waals surface area contributed by atoms with Crippen LogP contribution in [0.2, 0.25) is 0 Å². The number of hydrogen-bond donors (Lipinski definition) is 1. The molecule has 2 aromatic carbocycles. The third-order valence-corrected chi connectivity index (χ3v) is 4.87. The van der Waals surface area contributed by atoms with E-state index in [4.69, 9.17) is 0 Å². The largest absolute Gasteiger partial charge is 0.381 e. The van der Waals surface area contributed by atoms with Gasteiger partial charge >= 0.3 is 0 Å². The Hall–Kier alpha value is -2.35. The van der Waals surface area contributed by atoms with Crippen molar-refractivity contribution in [3.8, 4) is 0 Å². The Balaban J connectivity index is 1.87. The highest BCUT2D eigenvalue weighted by Gasteiger charge is 2.22. The van der Waals surface area contributed by atoms with Crippen LogP contribution in [0.25, 0.3) is 5.70 Å². The molecule has 0 spiro atoms. The summed E-state index contributed by atoms with van der Waals surface area (Å²) in [6, 6.07) is 20.1. The molecule has 2 aromatic rings. The molecule has 3 rings (SSSR count). The highest BCUT2D eigenvalue weighted by atomic mass is 16.1. The van der Waals surface area contributed by atoms with Gasteiger partial charge in [0.1, 0.15) is 0 Å². The smallest absolute Gasteiger partial charge is 0.187 e. The molecule has 1 N–H and O–H groups in total. The molecule has 0 heterocycles. The fourth-order valence-corrected chi connectivity index (χ4v) is 3.37. The van der Waals surface area contributed by atoms with Crippen LogP contribution in [0.5, 0.6) is 0 Å². The van der Waals surface area contributed by atoms with Crippen LogP contribution >= 0.6 is 0 Å². The summed E-state index contributed by atoms with van der Waals surface area (Å²) in [5.41, 5.74) is 2.73. The monoisotopic (exact) mass is 319 g/mol. The van der Waals surface area contributed by atoms with Crippen molar-refractivity contribution in [1.82, 2.24) is 5.32 Å². The summed E-state index contributed by atoms with van der Waals surface area (Å²) < 4.78 is 0. The van der Waals surface area contributed by atoms with E-state index in [0.717, 1.165) is 16.8 Å². The van der Waals surface area contributed by atoms with Gasteiger partial charge in [0, 0.05) is 23.4 Å². The van der Waals surface area contributed by atoms with Crippen molar-refractivity contribution in [2.75, 3.05) is 0 Å². The molecular weight excluding hydrogens is 294 g/mol. The number of ketones is 1. The lowest BCUT2D eigenvalue weighted by atomic mass is 9.85. The molecule has 0 aromatic heterocycles. The Morgan fingerprint density at radius 3 is 2.12 bits per heavy atom. The van der Waals surface area contributed by atoms with Gasteiger partial charge < -0.3 is 5.32 Å². The zero-order valence-electron chi connectivity index (χ0n) is 14.2. The van der Waals surface area contributed by atoms with Crippen molar-refractivity contribution in [2.45, 2.75) is 38.6 Å². The molecular formula is C22H25NO. The van der Waals surface area contributed by atoms with Gasteiger partial charge in [-0.05, 0) is 24.3 Å². The van der Waals surface area contributed by atoms with Crippen LogP contribution in [0.4, 0.5) is 0 Å². The first-order chi connectivity index (χ1) is 11.7. The quantitative estimate of drug-likeness (QED) is 0.615. The summed E-state index contributed by atoms with van der Waals surface area (Å²) in [4.78, 5) is 12.6. The minimum absolute atomic E-state index is 0.0467. The summed E-state index contributed by atoms with van der Waals surface area (Å²) in [5.74, 6) is 0.683. The van der Waals surface area contributed by atoms with Gasteiger partial charge in [0.2, 0.25) is 0 Å². The average molecular weight is 319 g/mol. The second kappa shape index (κ2) is 7.96. The highest BCUT2D eigenvalue weighted by Crippen LogP contribution is 2.26. The molecule has 0 amide bonds. The van der Waals surface area contributed by atoms with Crippen LogP contribution in [0, 0.1) is 5.92 Å². The number of rotatable bonds is 5. The van der Waals surface area contributed by atoms with Crippen molar-refractivity contribution in [3.63, 3.8) is 0 Å². The first-order valence-electron chi connectivity index (χ1n) is 8.87. The second-order valence-electron chi connectivity index (χ2n) is 6.67. The fourth-order valence-electron chi connectivity index (χ4n) is 3.37. The lowest BCUT2D eigenvalue weighted by molar-refractivity contribution is 0.104. The van der Waals surface area contributed by atoms with Crippen molar-refractivity contribution in [3.05, 3.63) is 77.9 Å². The summed E-state index contributed by atoms with van der Waals surface area (Å²) in [6.45, 7) is 2.30. The van der Waals surface area contributed by atoms with E-state index in [1.807, 2.05) is 48.5 Å². The van der Waals surface area contributed by atoms with Gasteiger partial charge in [-0.25, -0.2) is 0 Å². The maximum absolute atomic E-state index is 12.6. The molecule has 0 saturated heterocycles. The molecule has 124 valence electrons. The van der Waals surface area contributed by atoms with E-state index in [1.54, 1.807) is 6.08 Å². The number of carbonyl (C=O) groups is 1. The lowest BCUT2D eigenvalue weighted by Crippen LogP contribution is -2.36. The van der Waals surface area contributed by atoms with Crippen LogP contribution in [0.1, 0.15) is 48.5 Å². The predicted molar refractivity (Wildman–Crippen MR) is 99.7 cm³/mol. The topological polar surface area (TPSA) is 29.1 Å². The zero-order valence-corrected chi connectivity index (χ0v) is 14.2.